The third kappa shape index (κ3) is 3.64. The Labute approximate surface area is 111 Å². The molecule has 1 heterocycles. The fourth-order valence-electron chi connectivity index (χ4n) is 2.40. The van der Waals surface area contributed by atoms with E-state index in [-0.39, 0.29) is 11.7 Å². The Morgan fingerprint density at radius 3 is 2.74 bits per heavy atom. The standard InChI is InChI=1S/C13H18FN3O2/c1-10(9-16-6-2-3-7-16)15-13-5-4-11(17(18)19)8-12(13)14/h4-5,8,10,15H,2-3,6-7,9H2,1H3. The van der Waals surface area contributed by atoms with Crippen molar-refractivity contribution in [3.05, 3.63) is 34.1 Å². The maximum Gasteiger partial charge on any atom is 0.272 e. The summed E-state index contributed by atoms with van der Waals surface area (Å²) in [5.41, 5.74) is 0.0903. The lowest BCUT2D eigenvalue weighted by Gasteiger charge is -2.22. The lowest BCUT2D eigenvalue weighted by molar-refractivity contribution is -0.385. The van der Waals surface area contributed by atoms with Gasteiger partial charge in [-0.05, 0) is 38.9 Å². The number of nitrogens with zero attached hydrogens (tertiary/aromatic N) is 2. The van der Waals surface area contributed by atoms with Crippen molar-refractivity contribution < 1.29 is 9.31 Å². The molecule has 2 rings (SSSR count). The molecule has 1 N–H and O–H groups in total. The number of non-ortho nitro benzene ring substituents is 1. The van der Waals surface area contributed by atoms with Gasteiger partial charge in [-0.3, -0.25) is 10.1 Å². The summed E-state index contributed by atoms with van der Waals surface area (Å²) in [6.07, 6.45) is 2.44. The summed E-state index contributed by atoms with van der Waals surface area (Å²) >= 11 is 0. The summed E-state index contributed by atoms with van der Waals surface area (Å²) in [7, 11) is 0. The molecular weight excluding hydrogens is 249 g/mol. The van der Waals surface area contributed by atoms with Gasteiger partial charge < -0.3 is 10.2 Å². The highest BCUT2D eigenvalue weighted by molar-refractivity contribution is 5.50. The van der Waals surface area contributed by atoms with E-state index in [0.717, 1.165) is 25.7 Å². The minimum atomic E-state index is -0.597. The molecule has 0 saturated carbocycles. The smallest absolute Gasteiger partial charge is 0.272 e. The van der Waals surface area contributed by atoms with Gasteiger partial charge in [0.1, 0.15) is 0 Å². The Bertz CT molecular complexity index is 461. The lowest BCUT2D eigenvalue weighted by atomic mass is 10.2. The fraction of sp³-hybridized carbons (Fsp3) is 0.538. The van der Waals surface area contributed by atoms with Crippen LogP contribution in [0.25, 0.3) is 0 Å². The summed E-state index contributed by atoms with van der Waals surface area (Å²) in [6, 6.07) is 3.79. The molecule has 1 aromatic carbocycles. The third-order valence-electron chi connectivity index (χ3n) is 3.30. The van der Waals surface area contributed by atoms with Crippen molar-refractivity contribution in [3.63, 3.8) is 0 Å². The van der Waals surface area contributed by atoms with Gasteiger partial charge in [0.25, 0.3) is 5.69 Å². The van der Waals surface area contributed by atoms with E-state index < -0.39 is 10.7 Å². The first-order valence-corrected chi connectivity index (χ1v) is 6.49. The molecule has 19 heavy (non-hydrogen) atoms. The Hall–Kier alpha value is -1.69. The summed E-state index contributed by atoms with van der Waals surface area (Å²) in [5, 5.41) is 13.6. The maximum atomic E-state index is 13.7. The average molecular weight is 267 g/mol. The number of anilines is 1. The van der Waals surface area contributed by atoms with E-state index in [4.69, 9.17) is 0 Å². The van der Waals surface area contributed by atoms with Gasteiger partial charge >= 0.3 is 0 Å². The van der Waals surface area contributed by atoms with E-state index >= 15 is 0 Å². The number of halogens is 1. The van der Waals surface area contributed by atoms with E-state index in [1.54, 1.807) is 0 Å². The first-order chi connectivity index (χ1) is 9.06. The summed E-state index contributed by atoms with van der Waals surface area (Å²) in [6.45, 7) is 5.03. The van der Waals surface area contributed by atoms with Crippen LogP contribution in [0.5, 0.6) is 0 Å². The van der Waals surface area contributed by atoms with E-state index in [1.807, 2.05) is 6.92 Å². The molecular formula is C13H18FN3O2. The van der Waals surface area contributed by atoms with Gasteiger partial charge in [-0.25, -0.2) is 4.39 Å². The van der Waals surface area contributed by atoms with Crippen LogP contribution in [0.15, 0.2) is 18.2 Å². The van der Waals surface area contributed by atoms with Crippen LogP contribution in [0, 0.1) is 15.9 Å². The largest absolute Gasteiger partial charge is 0.379 e. The Morgan fingerprint density at radius 2 is 2.16 bits per heavy atom. The highest BCUT2D eigenvalue weighted by Gasteiger charge is 2.16. The van der Waals surface area contributed by atoms with Crippen molar-refractivity contribution in [2.24, 2.45) is 0 Å². The number of hydrogen-bond donors (Lipinski definition) is 1. The summed E-state index contributed by atoms with van der Waals surface area (Å²) < 4.78 is 13.7. The first-order valence-electron chi connectivity index (χ1n) is 6.49. The average Bonchev–Trinajstić information content (AvgIpc) is 2.84. The van der Waals surface area contributed by atoms with Crippen LogP contribution in [0.1, 0.15) is 19.8 Å². The Kier molecular flexibility index (Phi) is 4.31. The minimum Gasteiger partial charge on any atom is -0.379 e. The topological polar surface area (TPSA) is 58.4 Å². The number of benzene rings is 1. The highest BCUT2D eigenvalue weighted by atomic mass is 19.1. The van der Waals surface area contributed by atoms with Gasteiger partial charge in [0.15, 0.2) is 5.82 Å². The van der Waals surface area contributed by atoms with E-state index in [1.165, 1.54) is 25.0 Å². The molecule has 104 valence electrons. The van der Waals surface area contributed by atoms with E-state index in [0.29, 0.717) is 5.69 Å². The molecule has 0 spiro atoms. The maximum absolute atomic E-state index is 13.7. The van der Waals surface area contributed by atoms with Gasteiger partial charge in [-0.15, -0.1) is 0 Å². The normalized spacial score (nSPS) is 17.4. The van der Waals surface area contributed by atoms with Crippen LogP contribution in [-0.4, -0.2) is 35.5 Å². The Morgan fingerprint density at radius 1 is 1.47 bits per heavy atom. The Balaban J connectivity index is 1.96. The zero-order chi connectivity index (χ0) is 13.8. The van der Waals surface area contributed by atoms with Crippen LogP contribution >= 0.6 is 0 Å². The molecule has 1 unspecified atom stereocenters. The summed E-state index contributed by atoms with van der Waals surface area (Å²) in [4.78, 5) is 12.3. The van der Waals surface area contributed by atoms with Crippen molar-refractivity contribution in [2.45, 2.75) is 25.8 Å². The fourth-order valence-corrected chi connectivity index (χ4v) is 2.40. The molecule has 1 saturated heterocycles. The predicted molar refractivity (Wildman–Crippen MR) is 71.8 cm³/mol. The molecule has 0 radical (unpaired) electrons. The molecule has 1 fully saturated rings. The number of nitro groups is 1. The van der Waals surface area contributed by atoms with Crippen molar-refractivity contribution >= 4 is 11.4 Å². The molecule has 0 bridgehead atoms. The van der Waals surface area contributed by atoms with Crippen LogP contribution in [0.4, 0.5) is 15.8 Å². The second kappa shape index (κ2) is 5.97. The van der Waals surface area contributed by atoms with Crippen molar-refractivity contribution in [1.29, 1.82) is 0 Å². The molecule has 0 amide bonds. The van der Waals surface area contributed by atoms with Gasteiger partial charge in [0, 0.05) is 18.7 Å². The second-order valence-electron chi connectivity index (χ2n) is 4.97. The number of rotatable bonds is 5. The number of nitro benzene ring substituents is 1. The molecule has 0 aliphatic carbocycles. The molecule has 1 atom stereocenters. The van der Waals surface area contributed by atoms with Gasteiger partial charge in [-0.1, -0.05) is 0 Å². The molecule has 6 heteroatoms. The van der Waals surface area contributed by atoms with Crippen LogP contribution in [0.3, 0.4) is 0 Å². The minimum absolute atomic E-state index is 0.106. The predicted octanol–water partition coefficient (Wildman–Crippen LogP) is 2.63. The monoisotopic (exact) mass is 267 g/mol. The second-order valence-corrected chi connectivity index (χ2v) is 4.97. The van der Waals surface area contributed by atoms with Gasteiger partial charge in [-0.2, -0.15) is 0 Å². The number of nitrogens with one attached hydrogen (secondary N) is 1. The van der Waals surface area contributed by atoms with E-state index in [9.17, 15) is 14.5 Å². The molecule has 1 aliphatic heterocycles. The van der Waals surface area contributed by atoms with Crippen LogP contribution in [0.2, 0.25) is 0 Å². The zero-order valence-electron chi connectivity index (χ0n) is 10.9. The molecule has 0 aromatic heterocycles. The number of hydrogen-bond acceptors (Lipinski definition) is 4. The summed E-state index contributed by atoms with van der Waals surface area (Å²) in [5.74, 6) is -0.581. The van der Waals surface area contributed by atoms with E-state index in [2.05, 4.69) is 10.2 Å². The van der Waals surface area contributed by atoms with Gasteiger partial charge in [0.2, 0.25) is 0 Å². The SMILES string of the molecule is CC(CN1CCCC1)Nc1ccc([N+](=O)[O-])cc1F. The highest BCUT2D eigenvalue weighted by Crippen LogP contribution is 2.21. The van der Waals surface area contributed by atoms with Crippen LogP contribution < -0.4 is 5.32 Å². The van der Waals surface area contributed by atoms with Gasteiger partial charge in [0.05, 0.1) is 16.7 Å². The first kappa shape index (κ1) is 13.7. The van der Waals surface area contributed by atoms with Crippen molar-refractivity contribution in [1.82, 2.24) is 4.90 Å². The third-order valence-corrected chi connectivity index (χ3v) is 3.30. The van der Waals surface area contributed by atoms with Crippen molar-refractivity contribution in [3.8, 4) is 0 Å². The number of likely N-dealkylation sites (tertiary alicyclic amines) is 1. The quantitative estimate of drug-likeness (QED) is 0.658. The zero-order valence-corrected chi connectivity index (χ0v) is 10.9. The lowest BCUT2D eigenvalue weighted by Crippen LogP contribution is -2.33. The molecule has 1 aliphatic rings. The molecule has 1 aromatic rings. The van der Waals surface area contributed by atoms with Crippen molar-refractivity contribution in [2.75, 3.05) is 25.0 Å². The molecule has 5 nitrogen and oxygen atoms in total. The van der Waals surface area contributed by atoms with Crippen LogP contribution in [-0.2, 0) is 0 Å².